The van der Waals surface area contributed by atoms with Gasteiger partial charge in [-0.25, -0.2) is 8.42 Å². The van der Waals surface area contributed by atoms with Gasteiger partial charge in [0.05, 0.1) is 23.1 Å². The third kappa shape index (κ3) is 4.38. The zero-order valence-corrected chi connectivity index (χ0v) is 16.9. The number of carbonyl (C=O) groups excluding carboxylic acids is 1. The van der Waals surface area contributed by atoms with Gasteiger partial charge in [-0.15, -0.1) is 0 Å². The molecule has 0 aliphatic carbocycles. The number of amides is 1. The van der Waals surface area contributed by atoms with Crippen LogP contribution in [0.5, 0.6) is 0 Å². The second-order valence-electron chi connectivity index (χ2n) is 6.24. The molecule has 1 aliphatic rings. The Morgan fingerprint density at radius 1 is 1.00 bits per heavy atom. The Labute approximate surface area is 167 Å². The second-order valence-corrected chi connectivity index (χ2v) is 8.74. The number of nitrogens with zero attached hydrogens (tertiary/aromatic N) is 3. The normalized spacial score (nSPS) is 15.6. The third-order valence-corrected chi connectivity index (χ3v) is 6.96. The first-order chi connectivity index (χ1) is 12.9. The van der Waals surface area contributed by atoms with Gasteiger partial charge in [-0.2, -0.15) is 9.57 Å². The van der Waals surface area contributed by atoms with Gasteiger partial charge in [-0.05, 0) is 35.4 Å². The molecule has 0 atom stereocenters. The van der Waals surface area contributed by atoms with Crippen molar-refractivity contribution in [3.8, 4) is 6.07 Å². The summed E-state index contributed by atoms with van der Waals surface area (Å²) in [5.74, 6) is -0.230. The van der Waals surface area contributed by atoms with Gasteiger partial charge in [0.1, 0.15) is 0 Å². The molecule has 1 aliphatic heterocycles. The van der Waals surface area contributed by atoms with E-state index in [0.717, 1.165) is 11.1 Å². The highest BCUT2D eigenvalue weighted by Crippen LogP contribution is 2.20. The van der Waals surface area contributed by atoms with E-state index >= 15 is 0 Å². The molecular formula is C19H18BrN3O3S. The lowest BCUT2D eigenvalue weighted by Gasteiger charge is -2.33. The van der Waals surface area contributed by atoms with E-state index in [9.17, 15) is 13.2 Å². The number of benzene rings is 2. The van der Waals surface area contributed by atoms with Crippen LogP contribution in [0.2, 0.25) is 0 Å². The quantitative estimate of drug-likeness (QED) is 0.659. The summed E-state index contributed by atoms with van der Waals surface area (Å²) in [6.07, 6.45) is 0. The van der Waals surface area contributed by atoms with Crippen molar-refractivity contribution in [2.75, 3.05) is 19.6 Å². The van der Waals surface area contributed by atoms with E-state index < -0.39 is 10.0 Å². The minimum absolute atomic E-state index is 0.168. The number of alkyl halides is 1. The highest BCUT2D eigenvalue weighted by atomic mass is 79.9. The van der Waals surface area contributed by atoms with Crippen molar-refractivity contribution in [1.29, 1.82) is 5.26 Å². The van der Waals surface area contributed by atoms with Crippen LogP contribution in [-0.4, -0.2) is 43.2 Å². The molecule has 2 aromatic rings. The average Bonchev–Trinajstić information content (AvgIpc) is 2.70. The lowest BCUT2D eigenvalue weighted by atomic mass is 10.1. The van der Waals surface area contributed by atoms with Gasteiger partial charge in [0, 0.05) is 25.0 Å². The summed E-state index contributed by atoms with van der Waals surface area (Å²) in [6, 6.07) is 15.7. The predicted molar refractivity (Wildman–Crippen MR) is 104 cm³/mol. The van der Waals surface area contributed by atoms with E-state index in [2.05, 4.69) is 22.0 Å². The molecule has 3 rings (SSSR count). The van der Waals surface area contributed by atoms with Gasteiger partial charge in [0.2, 0.25) is 15.9 Å². The third-order valence-electron chi connectivity index (χ3n) is 4.46. The molecule has 2 aromatic carbocycles. The molecule has 140 valence electrons. The standard InChI is InChI=1S/C19H18BrN3O3S/c20-11-15-5-7-18(8-6-15)27(25,26)23-10-9-22(19(24)14-23)13-17-3-1-16(12-21)2-4-17/h1-8H,9-11,13-14H2. The van der Waals surface area contributed by atoms with Crippen molar-refractivity contribution < 1.29 is 13.2 Å². The molecule has 0 unspecified atom stereocenters. The maximum absolute atomic E-state index is 12.8. The number of nitriles is 1. The van der Waals surface area contributed by atoms with Crippen LogP contribution in [0, 0.1) is 11.3 Å². The molecule has 1 amide bonds. The number of halogens is 1. The number of sulfonamides is 1. The van der Waals surface area contributed by atoms with Gasteiger partial charge >= 0.3 is 0 Å². The predicted octanol–water partition coefficient (Wildman–Crippen LogP) is 2.49. The number of hydrogen-bond donors (Lipinski definition) is 0. The molecule has 8 heteroatoms. The van der Waals surface area contributed by atoms with Gasteiger partial charge in [0.25, 0.3) is 0 Å². The van der Waals surface area contributed by atoms with Crippen LogP contribution >= 0.6 is 15.9 Å². The maximum Gasteiger partial charge on any atom is 0.243 e. The Bertz CT molecular complexity index is 967. The Balaban J connectivity index is 1.68. The van der Waals surface area contributed by atoms with Crippen molar-refractivity contribution in [3.63, 3.8) is 0 Å². The molecule has 0 radical (unpaired) electrons. The Morgan fingerprint density at radius 2 is 1.63 bits per heavy atom. The van der Waals surface area contributed by atoms with Crippen LogP contribution < -0.4 is 0 Å². The summed E-state index contributed by atoms with van der Waals surface area (Å²) in [5, 5.41) is 9.49. The first-order valence-corrected chi connectivity index (χ1v) is 10.9. The summed E-state index contributed by atoms with van der Waals surface area (Å²) in [6.45, 7) is 0.819. The number of rotatable bonds is 5. The van der Waals surface area contributed by atoms with Crippen molar-refractivity contribution in [3.05, 3.63) is 65.2 Å². The molecule has 0 aromatic heterocycles. The lowest BCUT2D eigenvalue weighted by Crippen LogP contribution is -2.51. The fourth-order valence-electron chi connectivity index (χ4n) is 2.86. The Hall–Kier alpha value is -2.21. The summed E-state index contributed by atoms with van der Waals surface area (Å²) in [5.41, 5.74) is 2.45. The van der Waals surface area contributed by atoms with Crippen LogP contribution in [-0.2, 0) is 26.7 Å². The first kappa shape index (κ1) is 19.5. The van der Waals surface area contributed by atoms with Gasteiger partial charge < -0.3 is 4.90 Å². The van der Waals surface area contributed by atoms with E-state index in [1.807, 2.05) is 0 Å². The molecule has 1 fully saturated rings. The smallest absolute Gasteiger partial charge is 0.243 e. The van der Waals surface area contributed by atoms with E-state index in [1.165, 1.54) is 4.31 Å². The van der Waals surface area contributed by atoms with Crippen molar-refractivity contribution in [1.82, 2.24) is 9.21 Å². The largest absolute Gasteiger partial charge is 0.336 e. The Morgan fingerprint density at radius 3 is 2.19 bits per heavy atom. The molecular weight excluding hydrogens is 430 g/mol. The fourth-order valence-corrected chi connectivity index (χ4v) is 4.62. The number of hydrogen-bond acceptors (Lipinski definition) is 4. The Kier molecular flexibility index (Phi) is 5.95. The van der Waals surface area contributed by atoms with E-state index in [1.54, 1.807) is 53.4 Å². The van der Waals surface area contributed by atoms with E-state index in [-0.39, 0.29) is 23.9 Å². The van der Waals surface area contributed by atoms with Crippen molar-refractivity contribution in [2.24, 2.45) is 0 Å². The molecule has 1 heterocycles. The molecule has 0 saturated carbocycles. The minimum atomic E-state index is -3.69. The summed E-state index contributed by atoms with van der Waals surface area (Å²) < 4.78 is 26.8. The maximum atomic E-state index is 12.8. The van der Waals surface area contributed by atoms with Crippen LogP contribution in [0.1, 0.15) is 16.7 Å². The number of carbonyl (C=O) groups is 1. The van der Waals surface area contributed by atoms with Gasteiger partial charge in [-0.3, -0.25) is 4.79 Å². The zero-order chi connectivity index (χ0) is 19.4. The van der Waals surface area contributed by atoms with E-state index in [0.29, 0.717) is 24.0 Å². The lowest BCUT2D eigenvalue weighted by molar-refractivity contribution is -0.134. The van der Waals surface area contributed by atoms with Crippen LogP contribution in [0.3, 0.4) is 0 Å². The van der Waals surface area contributed by atoms with Crippen LogP contribution in [0.25, 0.3) is 0 Å². The molecule has 1 saturated heterocycles. The topological polar surface area (TPSA) is 81.5 Å². The van der Waals surface area contributed by atoms with Crippen LogP contribution in [0.4, 0.5) is 0 Å². The summed E-state index contributed by atoms with van der Waals surface area (Å²) >= 11 is 3.33. The van der Waals surface area contributed by atoms with Crippen LogP contribution in [0.15, 0.2) is 53.4 Å². The highest BCUT2D eigenvalue weighted by molar-refractivity contribution is 9.08. The zero-order valence-electron chi connectivity index (χ0n) is 14.5. The highest BCUT2D eigenvalue weighted by Gasteiger charge is 2.32. The van der Waals surface area contributed by atoms with Crippen molar-refractivity contribution in [2.45, 2.75) is 16.8 Å². The monoisotopic (exact) mass is 447 g/mol. The summed E-state index contributed by atoms with van der Waals surface area (Å²) in [7, 11) is -3.69. The first-order valence-electron chi connectivity index (χ1n) is 8.36. The molecule has 6 nitrogen and oxygen atoms in total. The SMILES string of the molecule is N#Cc1ccc(CN2CCN(S(=O)(=O)c3ccc(CBr)cc3)CC2=O)cc1. The number of piperazine rings is 1. The van der Waals surface area contributed by atoms with Gasteiger partial charge in [-0.1, -0.05) is 40.2 Å². The molecule has 0 N–H and O–H groups in total. The fraction of sp³-hybridized carbons (Fsp3) is 0.263. The van der Waals surface area contributed by atoms with Gasteiger partial charge in [0.15, 0.2) is 0 Å². The average molecular weight is 448 g/mol. The molecule has 0 spiro atoms. The second kappa shape index (κ2) is 8.21. The summed E-state index contributed by atoms with van der Waals surface area (Å²) in [4.78, 5) is 14.3. The minimum Gasteiger partial charge on any atom is -0.336 e. The van der Waals surface area contributed by atoms with Crippen molar-refractivity contribution >= 4 is 31.9 Å². The van der Waals surface area contributed by atoms with E-state index in [4.69, 9.17) is 5.26 Å². The molecule has 0 bridgehead atoms. The molecule has 27 heavy (non-hydrogen) atoms.